The molecule has 2 aromatic heterocycles. The van der Waals surface area contributed by atoms with E-state index in [0.717, 1.165) is 23.2 Å². The molecule has 3 aromatic rings. The molecular weight excluding hydrogens is 394 g/mol. The van der Waals surface area contributed by atoms with Gasteiger partial charge in [-0.3, -0.25) is 9.36 Å². The normalized spacial score (nSPS) is 11.0. The zero-order valence-corrected chi connectivity index (χ0v) is 18.0. The van der Waals surface area contributed by atoms with Crippen molar-refractivity contribution in [2.45, 2.75) is 45.8 Å². The minimum Gasteiger partial charge on any atom is -0.301 e. The third-order valence-corrected chi connectivity index (χ3v) is 6.10. The lowest BCUT2D eigenvalue weighted by atomic mass is 9.99. The Hall–Kier alpha value is -2.39. The SMILES string of the molecule is CCCn1c(SCC(=O)Nc2nc(-c3cc(C)c(C)cc3C)cs2)n[nH]c1=O. The number of hydrogen-bond acceptors (Lipinski definition) is 6. The second-order valence-electron chi connectivity index (χ2n) is 6.59. The maximum atomic E-state index is 12.3. The molecule has 0 saturated heterocycles. The molecule has 2 heterocycles. The molecule has 0 aliphatic rings. The van der Waals surface area contributed by atoms with Gasteiger partial charge in [-0.1, -0.05) is 24.8 Å². The van der Waals surface area contributed by atoms with Crippen molar-refractivity contribution >= 4 is 34.1 Å². The van der Waals surface area contributed by atoms with Crippen molar-refractivity contribution in [1.82, 2.24) is 19.7 Å². The molecule has 2 N–H and O–H groups in total. The van der Waals surface area contributed by atoms with E-state index in [9.17, 15) is 9.59 Å². The number of carbonyl (C=O) groups excluding carboxylic acids is 1. The van der Waals surface area contributed by atoms with E-state index >= 15 is 0 Å². The first-order valence-corrected chi connectivity index (χ1v) is 10.9. The van der Waals surface area contributed by atoms with Crippen molar-refractivity contribution in [2.75, 3.05) is 11.1 Å². The second kappa shape index (κ2) is 8.74. The summed E-state index contributed by atoms with van der Waals surface area (Å²) in [5.41, 5.74) is 5.31. The Labute approximate surface area is 171 Å². The second-order valence-corrected chi connectivity index (χ2v) is 8.39. The summed E-state index contributed by atoms with van der Waals surface area (Å²) in [6.07, 6.45) is 0.818. The number of aromatic amines is 1. The van der Waals surface area contributed by atoms with E-state index in [1.807, 2.05) is 12.3 Å². The van der Waals surface area contributed by atoms with Gasteiger partial charge >= 0.3 is 5.69 Å². The molecule has 0 spiro atoms. The number of amides is 1. The fourth-order valence-corrected chi connectivity index (χ4v) is 4.31. The van der Waals surface area contributed by atoms with Gasteiger partial charge < -0.3 is 5.32 Å². The highest BCUT2D eigenvalue weighted by Gasteiger charge is 2.13. The highest BCUT2D eigenvalue weighted by atomic mass is 32.2. The maximum absolute atomic E-state index is 12.3. The van der Waals surface area contributed by atoms with E-state index in [-0.39, 0.29) is 17.3 Å². The minimum absolute atomic E-state index is 0.158. The molecule has 3 rings (SSSR count). The van der Waals surface area contributed by atoms with Crippen LogP contribution in [0, 0.1) is 20.8 Å². The van der Waals surface area contributed by atoms with Gasteiger partial charge in [0.15, 0.2) is 10.3 Å². The quantitative estimate of drug-likeness (QED) is 0.571. The predicted molar refractivity (Wildman–Crippen MR) is 114 cm³/mol. The molecule has 0 saturated carbocycles. The van der Waals surface area contributed by atoms with Gasteiger partial charge in [0.1, 0.15) is 0 Å². The van der Waals surface area contributed by atoms with Gasteiger partial charge in [-0.25, -0.2) is 14.9 Å². The van der Waals surface area contributed by atoms with Crippen LogP contribution in [0.2, 0.25) is 0 Å². The van der Waals surface area contributed by atoms with E-state index in [2.05, 4.69) is 53.4 Å². The molecule has 1 aromatic carbocycles. The first-order chi connectivity index (χ1) is 13.4. The topological polar surface area (TPSA) is 92.7 Å². The average Bonchev–Trinajstić information content (AvgIpc) is 3.24. The molecule has 0 radical (unpaired) electrons. The monoisotopic (exact) mass is 417 g/mol. The van der Waals surface area contributed by atoms with Crippen LogP contribution in [0.25, 0.3) is 11.3 Å². The standard InChI is InChI=1S/C19H23N5O2S2/c1-5-6-24-18(26)22-23-19(24)28-10-16(25)21-17-20-15(9-27-17)14-8-12(3)11(2)7-13(14)4/h7-9H,5-6,10H2,1-4H3,(H,22,26)(H,20,21,25). The number of carbonyl (C=O) groups is 1. The van der Waals surface area contributed by atoms with Gasteiger partial charge in [0.2, 0.25) is 5.91 Å². The summed E-state index contributed by atoms with van der Waals surface area (Å²) >= 11 is 2.63. The minimum atomic E-state index is -0.252. The molecule has 9 heteroatoms. The van der Waals surface area contributed by atoms with Crippen LogP contribution in [-0.2, 0) is 11.3 Å². The van der Waals surface area contributed by atoms with Crippen molar-refractivity contribution in [1.29, 1.82) is 0 Å². The van der Waals surface area contributed by atoms with E-state index in [0.29, 0.717) is 16.8 Å². The zero-order valence-electron chi connectivity index (χ0n) is 16.3. The third kappa shape index (κ3) is 4.53. The predicted octanol–water partition coefficient (Wildman–Crippen LogP) is 3.76. The molecule has 0 aliphatic heterocycles. The first kappa shape index (κ1) is 20.3. The van der Waals surface area contributed by atoms with Crippen LogP contribution in [-0.4, -0.2) is 31.4 Å². The molecule has 0 bridgehead atoms. The number of thioether (sulfide) groups is 1. The fourth-order valence-electron chi connectivity index (χ4n) is 2.81. The zero-order chi connectivity index (χ0) is 20.3. The summed E-state index contributed by atoms with van der Waals surface area (Å²) in [7, 11) is 0. The van der Waals surface area contributed by atoms with Crippen molar-refractivity contribution < 1.29 is 4.79 Å². The van der Waals surface area contributed by atoms with Crippen LogP contribution in [0.15, 0.2) is 27.5 Å². The summed E-state index contributed by atoms with van der Waals surface area (Å²) < 4.78 is 1.54. The Kier molecular flexibility index (Phi) is 6.35. The fraction of sp³-hybridized carbons (Fsp3) is 0.368. The number of rotatable bonds is 7. The average molecular weight is 418 g/mol. The molecule has 0 unspecified atom stereocenters. The molecule has 0 fully saturated rings. The van der Waals surface area contributed by atoms with Gasteiger partial charge in [-0.15, -0.1) is 16.4 Å². The molecule has 148 valence electrons. The number of H-pyrrole nitrogens is 1. The largest absolute Gasteiger partial charge is 0.343 e. The van der Waals surface area contributed by atoms with Crippen molar-refractivity contribution in [3.8, 4) is 11.3 Å². The van der Waals surface area contributed by atoms with Gasteiger partial charge in [0.25, 0.3) is 0 Å². The Balaban J connectivity index is 1.65. The number of thiazole rings is 1. The van der Waals surface area contributed by atoms with Crippen LogP contribution in [0.5, 0.6) is 0 Å². The van der Waals surface area contributed by atoms with Crippen molar-refractivity contribution in [3.05, 3.63) is 44.7 Å². The molecule has 0 atom stereocenters. The first-order valence-electron chi connectivity index (χ1n) is 9.00. The molecule has 7 nitrogen and oxygen atoms in total. The van der Waals surface area contributed by atoms with Crippen molar-refractivity contribution in [3.63, 3.8) is 0 Å². The summed E-state index contributed by atoms with van der Waals surface area (Å²) in [4.78, 5) is 28.5. The van der Waals surface area contributed by atoms with Gasteiger partial charge in [0, 0.05) is 17.5 Å². The van der Waals surface area contributed by atoms with Gasteiger partial charge in [-0.05, 0) is 49.9 Å². The lowest BCUT2D eigenvalue weighted by Crippen LogP contribution is -2.18. The number of benzene rings is 1. The van der Waals surface area contributed by atoms with Gasteiger partial charge in [0.05, 0.1) is 11.4 Å². The number of nitrogens with one attached hydrogen (secondary N) is 2. The summed E-state index contributed by atoms with van der Waals surface area (Å²) in [5.74, 6) is -0.0211. The third-order valence-electron chi connectivity index (χ3n) is 4.37. The lowest BCUT2D eigenvalue weighted by molar-refractivity contribution is -0.113. The molecule has 0 aliphatic carbocycles. The highest BCUT2D eigenvalue weighted by molar-refractivity contribution is 7.99. The highest BCUT2D eigenvalue weighted by Crippen LogP contribution is 2.29. The Morgan fingerprint density at radius 3 is 2.75 bits per heavy atom. The summed E-state index contributed by atoms with van der Waals surface area (Å²) in [5, 5.41) is 12.3. The Bertz CT molecular complexity index is 1050. The Morgan fingerprint density at radius 1 is 1.25 bits per heavy atom. The van der Waals surface area contributed by atoms with E-state index in [1.165, 1.54) is 34.2 Å². The van der Waals surface area contributed by atoms with Gasteiger partial charge in [-0.2, -0.15) is 0 Å². The van der Waals surface area contributed by atoms with Crippen LogP contribution < -0.4 is 11.0 Å². The molecule has 1 amide bonds. The summed E-state index contributed by atoms with van der Waals surface area (Å²) in [6, 6.07) is 4.28. The molecule has 28 heavy (non-hydrogen) atoms. The number of nitrogens with zero attached hydrogens (tertiary/aromatic N) is 3. The van der Waals surface area contributed by atoms with Crippen LogP contribution in [0.3, 0.4) is 0 Å². The lowest BCUT2D eigenvalue weighted by Gasteiger charge is -2.07. The number of hydrogen-bond donors (Lipinski definition) is 2. The number of aryl methyl sites for hydroxylation is 3. The van der Waals surface area contributed by atoms with Crippen LogP contribution in [0.4, 0.5) is 5.13 Å². The smallest absolute Gasteiger partial charge is 0.301 e. The van der Waals surface area contributed by atoms with Crippen LogP contribution in [0.1, 0.15) is 30.0 Å². The van der Waals surface area contributed by atoms with E-state index in [4.69, 9.17) is 0 Å². The van der Waals surface area contributed by atoms with E-state index < -0.39 is 0 Å². The molecular formula is C19H23N5O2S2. The van der Waals surface area contributed by atoms with Crippen molar-refractivity contribution in [2.24, 2.45) is 0 Å². The van der Waals surface area contributed by atoms with E-state index in [1.54, 1.807) is 4.57 Å². The number of aromatic nitrogens is 4. The maximum Gasteiger partial charge on any atom is 0.343 e. The summed E-state index contributed by atoms with van der Waals surface area (Å²) in [6.45, 7) is 8.80. The van der Waals surface area contributed by atoms with Crippen LogP contribution >= 0.6 is 23.1 Å². The number of anilines is 1. The Morgan fingerprint density at radius 2 is 2.00 bits per heavy atom.